The lowest BCUT2D eigenvalue weighted by molar-refractivity contribution is -0.320. The quantitative estimate of drug-likeness (QED) is 0.0827. The Labute approximate surface area is 252 Å². The maximum Gasteiger partial charge on any atom is 0.251 e. The van der Waals surface area contributed by atoms with Crippen molar-refractivity contribution in [1.29, 1.82) is 0 Å². The fraction of sp³-hybridized carbons (Fsp3) is 0.958. The van der Waals surface area contributed by atoms with Gasteiger partial charge in [0.05, 0.1) is 31.3 Å². The summed E-state index contributed by atoms with van der Waals surface area (Å²) in [5.41, 5.74) is 23.6. The van der Waals surface area contributed by atoms with Crippen LogP contribution in [0.25, 0.3) is 0 Å². The number of aliphatic hydroxyl groups is 9. The average Bonchev–Trinajstić information content (AvgIpc) is 3.00. The summed E-state index contributed by atoms with van der Waals surface area (Å²) in [5, 5.41) is 97.1. The van der Waals surface area contributed by atoms with Crippen LogP contribution in [0.1, 0.15) is 6.42 Å². The minimum atomic E-state index is -1.96. The molecule has 1 aliphatic carbocycles. The molecule has 20 heteroatoms. The molecule has 3 fully saturated rings. The standard InChI is InChI=1S/C24H48N6O14/c25-4-9(33)14(34)22(40)30-8-3-7(26)20(43-23-13(28)17(37)16(36)10(41-23)5-29-1-2-31)19(39)21(8)44-24-18(38)12(27)15(35)11(6-32)42-24/h7-21,23-24,29,31-39H,1-6,25-28H2,(H,30,40)/t7-,8+,9?,10+,11+,12-,13+,14?,15+,16+,17+,18+,19-,20+,21-,23+,24+/m0/s1. The summed E-state index contributed by atoms with van der Waals surface area (Å²) >= 11 is 0. The molecule has 19 N–H and O–H groups in total. The van der Waals surface area contributed by atoms with E-state index in [9.17, 15) is 45.6 Å². The molecule has 1 saturated carbocycles. The minimum absolute atomic E-state index is 0.00347. The molecule has 0 aromatic rings. The fourth-order valence-corrected chi connectivity index (χ4v) is 5.41. The number of nitrogens with two attached hydrogens (primary N) is 4. The van der Waals surface area contributed by atoms with Gasteiger partial charge in [-0.15, -0.1) is 0 Å². The van der Waals surface area contributed by atoms with Crippen molar-refractivity contribution in [3.8, 4) is 0 Å². The zero-order valence-corrected chi connectivity index (χ0v) is 23.9. The van der Waals surface area contributed by atoms with Gasteiger partial charge in [-0.3, -0.25) is 4.79 Å². The molecular weight excluding hydrogens is 596 g/mol. The van der Waals surface area contributed by atoms with E-state index in [4.69, 9.17) is 47.0 Å². The summed E-state index contributed by atoms with van der Waals surface area (Å²) in [5.74, 6) is -1.08. The topological polar surface area (TPSA) is 364 Å². The van der Waals surface area contributed by atoms with E-state index in [0.717, 1.165) is 0 Å². The molecule has 2 saturated heterocycles. The maximum absolute atomic E-state index is 12.7. The summed E-state index contributed by atoms with van der Waals surface area (Å²) in [6, 6.07) is -4.93. The van der Waals surface area contributed by atoms with Crippen LogP contribution in [0.15, 0.2) is 0 Å². The third-order valence-electron chi connectivity index (χ3n) is 8.12. The fourth-order valence-electron chi connectivity index (χ4n) is 5.41. The Hall–Kier alpha value is -1.25. The van der Waals surface area contributed by atoms with Gasteiger partial charge >= 0.3 is 0 Å². The molecule has 1 amide bonds. The van der Waals surface area contributed by atoms with Gasteiger partial charge in [-0.05, 0) is 6.42 Å². The van der Waals surface area contributed by atoms with Crippen LogP contribution in [0.5, 0.6) is 0 Å². The molecule has 44 heavy (non-hydrogen) atoms. The highest BCUT2D eigenvalue weighted by Crippen LogP contribution is 2.32. The Balaban J connectivity index is 1.85. The van der Waals surface area contributed by atoms with Crippen LogP contribution in [-0.2, 0) is 23.7 Å². The minimum Gasteiger partial charge on any atom is -0.395 e. The van der Waals surface area contributed by atoms with Crippen molar-refractivity contribution in [2.45, 2.75) is 110 Å². The van der Waals surface area contributed by atoms with Gasteiger partial charge in [-0.1, -0.05) is 0 Å². The molecular formula is C24H48N6O14. The van der Waals surface area contributed by atoms with E-state index >= 15 is 0 Å². The first-order valence-electron chi connectivity index (χ1n) is 14.3. The number of nitrogens with one attached hydrogen (secondary N) is 2. The zero-order chi connectivity index (χ0) is 32.9. The van der Waals surface area contributed by atoms with Gasteiger partial charge < -0.3 is 98.5 Å². The molecule has 3 rings (SSSR count). The monoisotopic (exact) mass is 644 g/mol. The van der Waals surface area contributed by atoms with Crippen LogP contribution in [-0.4, -0.2) is 189 Å². The summed E-state index contributed by atoms with van der Waals surface area (Å²) in [6.07, 6.45) is -19.9. The number of carbonyl (C=O) groups is 1. The number of rotatable bonds is 13. The van der Waals surface area contributed by atoms with Crippen LogP contribution in [0.3, 0.4) is 0 Å². The Kier molecular flexibility index (Phi) is 14.0. The molecule has 0 spiro atoms. The van der Waals surface area contributed by atoms with Crippen molar-refractivity contribution < 1.29 is 69.7 Å². The van der Waals surface area contributed by atoms with Crippen molar-refractivity contribution in [1.82, 2.24) is 10.6 Å². The second kappa shape index (κ2) is 16.5. The van der Waals surface area contributed by atoms with Crippen LogP contribution in [0.2, 0.25) is 0 Å². The first-order valence-corrected chi connectivity index (χ1v) is 14.3. The molecule has 3 aliphatic rings. The van der Waals surface area contributed by atoms with E-state index in [0.29, 0.717) is 0 Å². The van der Waals surface area contributed by atoms with E-state index in [2.05, 4.69) is 10.6 Å². The smallest absolute Gasteiger partial charge is 0.251 e. The van der Waals surface area contributed by atoms with Crippen LogP contribution >= 0.6 is 0 Å². The summed E-state index contributed by atoms with van der Waals surface area (Å²) in [4.78, 5) is 12.7. The van der Waals surface area contributed by atoms with E-state index < -0.39 is 123 Å². The maximum atomic E-state index is 12.7. The largest absolute Gasteiger partial charge is 0.395 e. The van der Waals surface area contributed by atoms with Gasteiger partial charge in [-0.25, -0.2) is 0 Å². The summed E-state index contributed by atoms with van der Waals surface area (Å²) in [7, 11) is 0. The third kappa shape index (κ3) is 8.36. The van der Waals surface area contributed by atoms with Crippen molar-refractivity contribution in [2.75, 3.05) is 32.8 Å². The number of ether oxygens (including phenoxy) is 4. The molecule has 17 atom stereocenters. The lowest BCUT2D eigenvalue weighted by Crippen LogP contribution is -2.70. The second-order valence-electron chi connectivity index (χ2n) is 11.3. The number of aliphatic hydroxyl groups excluding tert-OH is 9. The molecule has 2 heterocycles. The normalized spacial score (nSPS) is 44.6. The van der Waals surface area contributed by atoms with Crippen molar-refractivity contribution in [3.63, 3.8) is 0 Å². The zero-order valence-electron chi connectivity index (χ0n) is 23.9. The molecule has 2 aliphatic heterocycles. The van der Waals surface area contributed by atoms with Gasteiger partial charge in [0.2, 0.25) is 0 Å². The molecule has 0 radical (unpaired) electrons. The van der Waals surface area contributed by atoms with Crippen molar-refractivity contribution in [3.05, 3.63) is 0 Å². The van der Waals surface area contributed by atoms with E-state index in [-0.39, 0.29) is 26.1 Å². The Morgan fingerprint density at radius 3 is 2.09 bits per heavy atom. The first kappa shape index (κ1) is 37.2. The van der Waals surface area contributed by atoms with E-state index in [1.54, 1.807) is 0 Å². The molecule has 0 aromatic carbocycles. The molecule has 258 valence electrons. The van der Waals surface area contributed by atoms with Gasteiger partial charge in [0.1, 0.15) is 61.0 Å². The summed E-state index contributed by atoms with van der Waals surface area (Å²) in [6.45, 7) is -1.18. The Bertz CT molecular complexity index is 898. The number of hydrogen-bond acceptors (Lipinski definition) is 19. The van der Waals surface area contributed by atoms with Gasteiger partial charge in [0, 0.05) is 25.7 Å². The van der Waals surface area contributed by atoms with Crippen LogP contribution < -0.4 is 33.6 Å². The van der Waals surface area contributed by atoms with E-state index in [1.165, 1.54) is 0 Å². The van der Waals surface area contributed by atoms with Gasteiger partial charge in [0.25, 0.3) is 5.91 Å². The SMILES string of the molecule is NCC(O)C(O)C(=O)N[C@@H]1C[C@H](N)[C@@H](O[C@H]2O[C@H](CNCCO)[C@@H](O)[C@H](O)[C@H]2N)[C@H](O)[C@H]1O[C@H]1O[C@H](CO)[C@@H](O)[C@H](N)[C@H]1O. The Morgan fingerprint density at radius 2 is 1.48 bits per heavy atom. The Morgan fingerprint density at radius 1 is 0.841 bits per heavy atom. The van der Waals surface area contributed by atoms with Gasteiger partial charge in [0.15, 0.2) is 18.7 Å². The van der Waals surface area contributed by atoms with E-state index in [1.807, 2.05) is 0 Å². The van der Waals surface area contributed by atoms with Crippen LogP contribution in [0.4, 0.5) is 0 Å². The average molecular weight is 645 g/mol. The van der Waals surface area contributed by atoms with Gasteiger partial charge in [-0.2, -0.15) is 0 Å². The lowest BCUT2D eigenvalue weighted by atomic mass is 9.83. The third-order valence-corrected chi connectivity index (χ3v) is 8.12. The molecule has 2 unspecified atom stereocenters. The van der Waals surface area contributed by atoms with Crippen molar-refractivity contribution >= 4 is 5.91 Å². The molecule has 0 bridgehead atoms. The number of amides is 1. The predicted molar refractivity (Wildman–Crippen MR) is 146 cm³/mol. The number of carbonyl (C=O) groups excluding carboxylic acids is 1. The predicted octanol–water partition coefficient (Wildman–Crippen LogP) is -9.86. The lowest BCUT2D eigenvalue weighted by Gasteiger charge is -2.49. The summed E-state index contributed by atoms with van der Waals surface area (Å²) < 4.78 is 23.0. The highest BCUT2D eigenvalue weighted by molar-refractivity contribution is 5.81. The molecule has 0 aromatic heterocycles. The molecule has 20 nitrogen and oxygen atoms in total. The number of hydrogen-bond donors (Lipinski definition) is 15. The highest BCUT2D eigenvalue weighted by atomic mass is 16.7. The van der Waals surface area contributed by atoms with Crippen LogP contribution in [0, 0.1) is 0 Å². The van der Waals surface area contributed by atoms with Crippen molar-refractivity contribution in [2.24, 2.45) is 22.9 Å². The first-order chi connectivity index (χ1) is 20.8. The highest BCUT2D eigenvalue weighted by Gasteiger charge is 2.52. The second-order valence-corrected chi connectivity index (χ2v) is 11.3.